The molecule has 1 fully saturated rings. The van der Waals surface area contributed by atoms with Crippen LogP contribution in [0.25, 0.3) is 0 Å². The van der Waals surface area contributed by atoms with Gasteiger partial charge in [0.15, 0.2) is 0 Å². The van der Waals surface area contributed by atoms with Crippen molar-refractivity contribution in [3.8, 4) is 6.07 Å². The van der Waals surface area contributed by atoms with E-state index in [1.54, 1.807) is 0 Å². The van der Waals surface area contributed by atoms with E-state index in [1.165, 1.54) is 18.4 Å². The molecule has 1 saturated carbocycles. The Morgan fingerprint density at radius 1 is 1.21 bits per heavy atom. The summed E-state index contributed by atoms with van der Waals surface area (Å²) in [6.45, 7) is 3.91. The highest BCUT2D eigenvalue weighted by atomic mass is 14.3. The summed E-state index contributed by atoms with van der Waals surface area (Å²) in [6, 6.07) is 10.9. The highest BCUT2D eigenvalue weighted by Gasteiger charge is 2.24. The fourth-order valence-electron chi connectivity index (χ4n) is 1.65. The van der Waals surface area contributed by atoms with E-state index in [-0.39, 0.29) is 5.41 Å². The van der Waals surface area contributed by atoms with E-state index in [1.807, 2.05) is 13.8 Å². The van der Waals surface area contributed by atoms with Gasteiger partial charge in [-0.25, -0.2) is 0 Å². The Hall–Kier alpha value is -1.29. The molecule has 0 radical (unpaired) electrons. The van der Waals surface area contributed by atoms with E-state index >= 15 is 0 Å². The zero-order chi connectivity index (χ0) is 10.2. The van der Waals surface area contributed by atoms with Gasteiger partial charge in [0.25, 0.3) is 0 Å². The van der Waals surface area contributed by atoms with Crippen LogP contribution in [0.1, 0.15) is 43.7 Å². The average Bonchev–Trinajstić information content (AvgIpc) is 3.01. The van der Waals surface area contributed by atoms with Gasteiger partial charge in [-0.3, -0.25) is 0 Å². The van der Waals surface area contributed by atoms with E-state index in [9.17, 15) is 0 Å². The van der Waals surface area contributed by atoms with Gasteiger partial charge in [-0.15, -0.1) is 0 Å². The monoisotopic (exact) mass is 185 g/mol. The molecule has 1 aliphatic rings. The molecule has 1 aromatic rings. The number of hydrogen-bond donors (Lipinski definition) is 0. The van der Waals surface area contributed by atoms with E-state index in [4.69, 9.17) is 5.26 Å². The molecule has 0 heterocycles. The second-order valence-corrected chi connectivity index (χ2v) is 4.63. The first-order valence-corrected chi connectivity index (χ1v) is 5.15. The van der Waals surface area contributed by atoms with Crippen molar-refractivity contribution in [2.45, 2.75) is 38.0 Å². The molecule has 0 amide bonds. The third kappa shape index (κ3) is 1.65. The Kier molecular flexibility index (Phi) is 2.07. The molecule has 0 unspecified atom stereocenters. The molecule has 1 nitrogen and oxygen atoms in total. The SMILES string of the molecule is CC(C)(C#N)c1ccc(C2CC2)cc1. The van der Waals surface area contributed by atoms with Crippen molar-refractivity contribution >= 4 is 0 Å². The smallest absolute Gasteiger partial charge is 0.0766 e. The van der Waals surface area contributed by atoms with Gasteiger partial charge in [0, 0.05) is 0 Å². The molecule has 1 aromatic carbocycles. The van der Waals surface area contributed by atoms with Crippen LogP contribution < -0.4 is 0 Å². The van der Waals surface area contributed by atoms with Crippen molar-refractivity contribution < 1.29 is 0 Å². The Balaban J connectivity index is 2.26. The maximum atomic E-state index is 8.99. The molecule has 2 rings (SSSR count). The van der Waals surface area contributed by atoms with Crippen molar-refractivity contribution in [2.75, 3.05) is 0 Å². The molecular weight excluding hydrogens is 170 g/mol. The minimum atomic E-state index is -0.359. The second kappa shape index (κ2) is 3.13. The van der Waals surface area contributed by atoms with Gasteiger partial charge in [0.05, 0.1) is 11.5 Å². The Morgan fingerprint density at radius 3 is 2.21 bits per heavy atom. The molecule has 0 aromatic heterocycles. The molecule has 0 bridgehead atoms. The lowest BCUT2D eigenvalue weighted by molar-refractivity contribution is 0.686. The highest BCUT2D eigenvalue weighted by Crippen LogP contribution is 2.40. The van der Waals surface area contributed by atoms with Crippen molar-refractivity contribution in [1.82, 2.24) is 0 Å². The molecule has 0 atom stereocenters. The van der Waals surface area contributed by atoms with Crippen LogP contribution in [0.2, 0.25) is 0 Å². The summed E-state index contributed by atoms with van der Waals surface area (Å²) in [4.78, 5) is 0. The van der Waals surface area contributed by atoms with Gasteiger partial charge in [-0.2, -0.15) is 5.26 Å². The standard InChI is InChI=1S/C13H15N/c1-13(2,9-14)12-7-5-11(6-8-12)10-3-4-10/h5-8,10H,3-4H2,1-2H3. The van der Waals surface area contributed by atoms with Gasteiger partial charge in [0.2, 0.25) is 0 Å². The van der Waals surface area contributed by atoms with Crippen LogP contribution >= 0.6 is 0 Å². The van der Waals surface area contributed by atoms with Crippen LogP contribution in [-0.4, -0.2) is 0 Å². The van der Waals surface area contributed by atoms with Crippen LogP contribution in [0.5, 0.6) is 0 Å². The van der Waals surface area contributed by atoms with Gasteiger partial charge in [-0.1, -0.05) is 24.3 Å². The summed E-state index contributed by atoms with van der Waals surface area (Å²) < 4.78 is 0. The summed E-state index contributed by atoms with van der Waals surface area (Å²) in [5.74, 6) is 0.800. The highest BCUT2D eigenvalue weighted by molar-refractivity contribution is 5.35. The lowest BCUT2D eigenvalue weighted by Crippen LogP contribution is -2.13. The molecule has 14 heavy (non-hydrogen) atoms. The molecule has 72 valence electrons. The minimum absolute atomic E-state index is 0.359. The Bertz CT molecular complexity index is 363. The first-order chi connectivity index (χ1) is 6.63. The zero-order valence-corrected chi connectivity index (χ0v) is 8.75. The lowest BCUT2D eigenvalue weighted by Gasteiger charge is -2.15. The normalized spacial score (nSPS) is 16.4. The van der Waals surface area contributed by atoms with E-state index in [0.29, 0.717) is 0 Å². The van der Waals surface area contributed by atoms with Crippen LogP contribution in [0.3, 0.4) is 0 Å². The van der Waals surface area contributed by atoms with Crippen LogP contribution in [0, 0.1) is 11.3 Å². The summed E-state index contributed by atoms with van der Waals surface area (Å²) in [6.07, 6.45) is 2.67. The van der Waals surface area contributed by atoms with Gasteiger partial charge < -0.3 is 0 Å². The zero-order valence-electron chi connectivity index (χ0n) is 8.75. The molecule has 0 saturated heterocycles. The number of nitrogens with zero attached hydrogens (tertiary/aromatic N) is 1. The molecule has 0 spiro atoms. The van der Waals surface area contributed by atoms with Crippen molar-refractivity contribution in [2.24, 2.45) is 0 Å². The summed E-state index contributed by atoms with van der Waals surface area (Å²) in [5.41, 5.74) is 2.19. The van der Waals surface area contributed by atoms with Crippen molar-refractivity contribution in [3.63, 3.8) is 0 Å². The maximum Gasteiger partial charge on any atom is 0.0766 e. The number of hydrogen-bond acceptors (Lipinski definition) is 1. The molecule has 1 aliphatic carbocycles. The lowest BCUT2D eigenvalue weighted by atomic mass is 9.86. The van der Waals surface area contributed by atoms with Crippen molar-refractivity contribution in [1.29, 1.82) is 5.26 Å². The molecule has 1 heteroatoms. The summed E-state index contributed by atoms with van der Waals surface area (Å²) >= 11 is 0. The number of nitriles is 1. The van der Waals surface area contributed by atoms with Crippen molar-refractivity contribution in [3.05, 3.63) is 35.4 Å². The third-order valence-electron chi connectivity index (χ3n) is 2.96. The molecular formula is C13H15N. The Labute approximate surface area is 85.4 Å². The Morgan fingerprint density at radius 2 is 1.79 bits per heavy atom. The maximum absolute atomic E-state index is 8.99. The predicted octanol–water partition coefficient (Wildman–Crippen LogP) is 3.37. The second-order valence-electron chi connectivity index (χ2n) is 4.63. The van der Waals surface area contributed by atoms with E-state index < -0.39 is 0 Å². The average molecular weight is 185 g/mol. The van der Waals surface area contributed by atoms with Crippen LogP contribution in [-0.2, 0) is 5.41 Å². The number of benzene rings is 1. The predicted molar refractivity (Wildman–Crippen MR) is 57.1 cm³/mol. The number of rotatable bonds is 2. The van der Waals surface area contributed by atoms with Gasteiger partial charge in [0.1, 0.15) is 0 Å². The molecule has 0 N–H and O–H groups in total. The third-order valence-corrected chi connectivity index (χ3v) is 2.96. The fraction of sp³-hybridized carbons (Fsp3) is 0.462. The van der Waals surface area contributed by atoms with Gasteiger partial charge in [-0.05, 0) is 43.7 Å². The first-order valence-electron chi connectivity index (χ1n) is 5.15. The summed E-state index contributed by atoms with van der Waals surface area (Å²) in [7, 11) is 0. The van der Waals surface area contributed by atoms with E-state index in [0.717, 1.165) is 11.5 Å². The minimum Gasteiger partial charge on any atom is -0.197 e. The summed E-state index contributed by atoms with van der Waals surface area (Å²) in [5, 5.41) is 8.99. The van der Waals surface area contributed by atoms with E-state index in [2.05, 4.69) is 30.3 Å². The van der Waals surface area contributed by atoms with Crippen LogP contribution in [0.15, 0.2) is 24.3 Å². The topological polar surface area (TPSA) is 23.8 Å². The molecule has 0 aliphatic heterocycles. The van der Waals surface area contributed by atoms with Gasteiger partial charge >= 0.3 is 0 Å². The fourth-order valence-corrected chi connectivity index (χ4v) is 1.65. The van der Waals surface area contributed by atoms with Crippen LogP contribution in [0.4, 0.5) is 0 Å². The largest absolute Gasteiger partial charge is 0.197 e. The quantitative estimate of drug-likeness (QED) is 0.693. The first kappa shape index (κ1) is 9.27.